The molecule has 1 fully saturated rings. The summed E-state index contributed by atoms with van der Waals surface area (Å²) in [6.45, 7) is 2.19. The zero-order valence-electron chi connectivity index (χ0n) is 14.8. The number of rotatable bonds is 5. The van der Waals surface area contributed by atoms with Crippen molar-refractivity contribution < 1.29 is 17.6 Å². The van der Waals surface area contributed by atoms with Crippen LogP contribution < -0.4 is 10.5 Å². The van der Waals surface area contributed by atoms with Crippen LogP contribution in [0.3, 0.4) is 0 Å². The summed E-state index contributed by atoms with van der Waals surface area (Å²) in [5, 5.41) is 7.88. The van der Waals surface area contributed by atoms with Gasteiger partial charge in [-0.1, -0.05) is 12.1 Å². The lowest BCUT2D eigenvalue weighted by atomic mass is 9.95. The van der Waals surface area contributed by atoms with Gasteiger partial charge >= 0.3 is 0 Å². The van der Waals surface area contributed by atoms with Crippen LogP contribution in [0.15, 0.2) is 53.4 Å². The molecule has 0 saturated carbocycles. The predicted octanol–water partition coefficient (Wildman–Crippen LogP) is 2.32. The van der Waals surface area contributed by atoms with E-state index >= 15 is 0 Å². The van der Waals surface area contributed by atoms with E-state index in [1.807, 2.05) is 6.07 Å². The number of nitrogens with two attached hydrogens (primary N) is 1. The molecule has 3 N–H and O–H groups in total. The lowest BCUT2D eigenvalue weighted by Gasteiger charge is -2.31. The van der Waals surface area contributed by atoms with Crippen LogP contribution in [0.25, 0.3) is 0 Å². The van der Waals surface area contributed by atoms with E-state index in [2.05, 4.69) is 10.2 Å². The number of anilines is 1. The number of primary sulfonamides is 1. The first-order valence-electron chi connectivity index (χ1n) is 8.72. The van der Waals surface area contributed by atoms with E-state index in [1.54, 1.807) is 6.07 Å². The monoisotopic (exact) mass is 391 g/mol. The average Bonchev–Trinajstić information content (AvgIpc) is 2.62. The van der Waals surface area contributed by atoms with E-state index in [9.17, 15) is 17.6 Å². The van der Waals surface area contributed by atoms with E-state index < -0.39 is 10.0 Å². The number of nitrogens with one attached hydrogen (secondary N) is 1. The van der Waals surface area contributed by atoms with Crippen molar-refractivity contribution in [2.45, 2.75) is 24.3 Å². The number of amides is 1. The van der Waals surface area contributed by atoms with E-state index in [0.29, 0.717) is 12.2 Å². The van der Waals surface area contributed by atoms with Crippen LogP contribution in [0.4, 0.5) is 10.1 Å². The number of likely N-dealkylation sites (tertiary alicyclic amines) is 1. The van der Waals surface area contributed by atoms with Crippen LogP contribution in [0, 0.1) is 11.7 Å². The largest absolute Gasteiger partial charge is 0.326 e. The molecule has 2 aromatic rings. The maximum atomic E-state index is 13.3. The lowest BCUT2D eigenvalue weighted by Crippen LogP contribution is -2.37. The van der Waals surface area contributed by atoms with E-state index in [4.69, 9.17) is 5.14 Å². The Morgan fingerprint density at radius 3 is 2.41 bits per heavy atom. The highest BCUT2D eigenvalue weighted by molar-refractivity contribution is 7.89. The Morgan fingerprint density at radius 2 is 1.81 bits per heavy atom. The molecule has 0 radical (unpaired) electrons. The van der Waals surface area contributed by atoms with Crippen molar-refractivity contribution in [1.82, 2.24) is 4.90 Å². The van der Waals surface area contributed by atoms with Crippen molar-refractivity contribution in [3.8, 4) is 0 Å². The molecule has 6 nitrogen and oxygen atoms in total. The van der Waals surface area contributed by atoms with Crippen LogP contribution in [-0.2, 0) is 21.4 Å². The molecule has 3 rings (SSSR count). The number of halogens is 1. The second kappa shape index (κ2) is 8.16. The second-order valence-electron chi connectivity index (χ2n) is 6.74. The second-order valence-corrected chi connectivity index (χ2v) is 8.30. The molecule has 0 aliphatic carbocycles. The van der Waals surface area contributed by atoms with Gasteiger partial charge in [-0.15, -0.1) is 0 Å². The van der Waals surface area contributed by atoms with Gasteiger partial charge in [0.05, 0.1) is 4.90 Å². The fourth-order valence-electron chi connectivity index (χ4n) is 3.22. The number of carbonyl (C=O) groups excluding carboxylic acids is 1. The summed E-state index contributed by atoms with van der Waals surface area (Å²) in [5.74, 6) is -0.425. The molecule has 8 heteroatoms. The zero-order valence-corrected chi connectivity index (χ0v) is 15.6. The zero-order chi connectivity index (χ0) is 19.4. The van der Waals surface area contributed by atoms with Crippen LogP contribution in [-0.4, -0.2) is 32.3 Å². The number of hydrogen-bond donors (Lipinski definition) is 2. The standard InChI is InChI=1S/C19H22FN3O3S/c20-16-3-1-2-14(12-16)13-23-10-8-15(9-11-23)19(24)22-17-4-6-18(7-5-17)27(21,25)26/h1-7,12,15H,8-11,13H2,(H,22,24)(H2,21,25,26). The normalized spacial score (nSPS) is 16.2. The molecule has 0 aromatic heterocycles. The highest BCUT2D eigenvalue weighted by Crippen LogP contribution is 2.21. The van der Waals surface area contributed by atoms with Crippen LogP contribution in [0.1, 0.15) is 18.4 Å². The van der Waals surface area contributed by atoms with Gasteiger partial charge in [0.1, 0.15) is 5.82 Å². The van der Waals surface area contributed by atoms with Crippen molar-refractivity contribution in [2.24, 2.45) is 11.1 Å². The predicted molar refractivity (Wildman–Crippen MR) is 101 cm³/mol. The van der Waals surface area contributed by atoms with Crippen LogP contribution in [0.2, 0.25) is 0 Å². The van der Waals surface area contributed by atoms with Gasteiger partial charge in [-0.3, -0.25) is 9.69 Å². The minimum absolute atomic E-state index is 0.00570. The summed E-state index contributed by atoms with van der Waals surface area (Å²) >= 11 is 0. The van der Waals surface area contributed by atoms with E-state index in [1.165, 1.54) is 36.4 Å². The highest BCUT2D eigenvalue weighted by atomic mass is 32.2. The molecule has 1 heterocycles. The number of nitrogens with zero attached hydrogens (tertiary/aromatic N) is 1. The first-order chi connectivity index (χ1) is 12.8. The van der Waals surface area contributed by atoms with Gasteiger partial charge in [0.2, 0.25) is 15.9 Å². The number of sulfonamides is 1. The van der Waals surface area contributed by atoms with E-state index in [0.717, 1.165) is 31.5 Å². The van der Waals surface area contributed by atoms with Gasteiger partial charge in [-0.25, -0.2) is 17.9 Å². The molecule has 0 atom stereocenters. The Morgan fingerprint density at radius 1 is 1.15 bits per heavy atom. The molecule has 0 unspecified atom stereocenters. The Bertz CT molecular complexity index is 908. The molecule has 1 aliphatic rings. The van der Waals surface area contributed by atoms with Crippen molar-refractivity contribution in [2.75, 3.05) is 18.4 Å². The third-order valence-corrected chi connectivity index (χ3v) is 5.63. The SMILES string of the molecule is NS(=O)(=O)c1ccc(NC(=O)C2CCN(Cc3cccc(F)c3)CC2)cc1. The molecular weight excluding hydrogens is 369 g/mol. The molecule has 27 heavy (non-hydrogen) atoms. The first-order valence-corrected chi connectivity index (χ1v) is 10.3. The van der Waals surface area contributed by atoms with Gasteiger partial charge < -0.3 is 5.32 Å². The quantitative estimate of drug-likeness (QED) is 0.818. The third kappa shape index (κ3) is 5.35. The maximum absolute atomic E-state index is 13.3. The Labute approximate surface area is 158 Å². The van der Waals surface area contributed by atoms with Gasteiger partial charge in [-0.05, 0) is 67.9 Å². The third-order valence-electron chi connectivity index (χ3n) is 4.70. The van der Waals surface area contributed by atoms with Crippen molar-refractivity contribution in [1.29, 1.82) is 0 Å². The van der Waals surface area contributed by atoms with Gasteiger partial charge in [-0.2, -0.15) is 0 Å². The Hall–Kier alpha value is -2.29. The van der Waals surface area contributed by atoms with Crippen molar-refractivity contribution in [3.63, 3.8) is 0 Å². The minimum Gasteiger partial charge on any atom is -0.326 e. The smallest absolute Gasteiger partial charge is 0.238 e. The Kier molecular flexibility index (Phi) is 5.88. The molecular formula is C19H22FN3O3S. The van der Waals surface area contributed by atoms with Crippen LogP contribution >= 0.6 is 0 Å². The number of benzene rings is 2. The molecule has 1 saturated heterocycles. The topological polar surface area (TPSA) is 92.5 Å². The molecule has 1 amide bonds. The number of hydrogen-bond acceptors (Lipinski definition) is 4. The van der Waals surface area contributed by atoms with Crippen LogP contribution in [0.5, 0.6) is 0 Å². The van der Waals surface area contributed by atoms with Gasteiger partial charge in [0.15, 0.2) is 0 Å². The fraction of sp³-hybridized carbons (Fsp3) is 0.316. The number of piperidine rings is 1. The summed E-state index contributed by atoms with van der Waals surface area (Å²) in [6.07, 6.45) is 1.44. The maximum Gasteiger partial charge on any atom is 0.238 e. The summed E-state index contributed by atoms with van der Waals surface area (Å²) in [5.41, 5.74) is 1.46. The Balaban J connectivity index is 1.51. The van der Waals surface area contributed by atoms with Crippen molar-refractivity contribution >= 4 is 21.6 Å². The molecule has 1 aliphatic heterocycles. The average molecular weight is 391 g/mol. The number of carbonyl (C=O) groups is 1. The summed E-state index contributed by atoms with van der Waals surface area (Å²) in [4.78, 5) is 14.7. The molecule has 2 aromatic carbocycles. The van der Waals surface area contributed by atoms with Gasteiger partial charge in [0.25, 0.3) is 0 Å². The summed E-state index contributed by atoms with van der Waals surface area (Å²) < 4.78 is 35.8. The van der Waals surface area contributed by atoms with Crippen molar-refractivity contribution in [3.05, 3.63) is 59.9 Å². The molecule has 0 bridgehead atoms. The van der Waals surface area contributed by atoms with Gasteiger partial charge in [0, 0.05) is 18.2 Å². The minimum atomic E-state index is -3.74. The van der Waals surface area contributed by atoms with E-state index in [-0.39, 0.29) is 22.5 Å². The highest BCUT2D eigenvalue weighted by Gasteiger charge is 2.25. The molecule has 144 valence electrons. The first kappa shape index (κ1) is 19.5. The molecule has 0 spiro atoms. The fourth-order valence-corrected chi connectivity index (χ4v) is 3.73. The summed E-state index contributed by atoms with van der Waals surface area (Å²) in [6, 6.07) is 12.3. The summed E-state index contributed by atoms with van der Waals surface area (Å²) in [7, 11) is -3.74. The lowest BCUT2D eigenvalue weighted by molar-refractivity contribution is -0.121.